The highest BCUT2D eigenvalue weighted by atomic mass is 35.5. The summed E-state index contributed by atoms with van der Waals surface area (Å²) in [5.74, 6) is -0.389. The highest BCUT2D eigenvalue weighted by molar-refractivity contribution is 7.15. The molecule has 1 N–H and O–H groups in total. The Balaban J connectivity index is 1.79. The Morgan fingerprint density at radius 1 is 1.19 bits per heavy atom. The second-order valence-electron chi connectivity index (χ2n) is 5.53. The third-order valence-electron chi connectivity index (χ3n) is 3.58. The molecule has 1 aromatic heterocycles. The average Bonchev–Trinajstić information content (AvgIpc) is 3.14. The Morgan fingerprint density at radius 3 is 2.59 bits per heavy atom. The Kier molecular flexibility index (Phi) is 5.58. The molecular weight excluding hydrogens is 388 g/mol. The van der Waals surface area contributed by atoms with Crippen molar-refractivity contribution < 1.29 is 9.72 Å². The number of hydrogen-bond donors (Lipinski definition) is 1. The van der Waals surface area contributed by atoms with Crippen LogP contribution in [-0.2, 0) is 0 Å². The molecule has 1 heterocycles. The van der Waals surface area contributed by atoms with Gasteiger partial charge in [-0.3, -0.25) is 14.9 Å². The van der Waals surface area contributed by atoms with E-state index in [9.17, 15) is 14.9 Å². The van der Waals surface area contributed by atoms with Crippen LogP contribution in [0.4, 0.5) is 11.4 Å². The van der Waals surface area contributed by atoms with Gasteiger partial charge in [-0.2, -0.15) is 0 Å². The van der Waals surface area contributed by atoms with Crippen LogP contribution in [-0.4, -0.2) is 21.0 Å². The first-order chi connectivity index (χ1) is 12.9. The van der Waals surface area contributed by atoms with Gasteiger partial charge in [-0.25, -0.2) is 0 Å². The number of para-hydroxylation sites is 1. The molecule has 3 rings (SSSR count). The minimum Gasteiger partial charge on any atom is -0.320 e. The normalized spacial score (nSPS) is 11.3. The minimum atomic E-state index is -0.447. The van der Waals surface area contributed by atoms with Gasteiger partial charge in [-0.05, 0) is 30.7 Å². The molecule has 2 aromatic carbocycles. The van der Waals surface area contributed by atoms with Crippen LogP contribution >= 0.6 is 22.9 Å². The first-order valence-electron chi connectivity index (χ1n) is 7.76. The molecule has 0 unspecified atom stereocenters. The molecular formula is C18H13ClN4O3S. The Morgan fingerprint density at radius 2 is 1.89 bits per heavy atom. The predicted molar refractivity (Wildman–Crippen MR) is 106 cm³/mol. The summed E-state index contributed by atoms with van der Waals surface area (Å²) in [6.45, 7) is 1.66. The van der Waals surface area contributed by atoms with E-state index < -0.39 is 4.92 Å². The maximum Gasteiger partial charge on any atom is 0.286 e. The lowest BCUT2D eigenvalue weighted by Gasteiger charge is -2.01. The van der Waals surface area contributed by atoms with Crippen molar-refractivity contribution in [1.29, 1.82) is 0 Å². The number of halogens is 1. The molecule has 0 radical (unpaired) electrons. The van der Waals surface area contributed by atoms with Crippen LogP contribution in [0.25, 0.3) is 11.1 Å². The largest absolute Gasteiger partial charge is 0.320 e. The Hall–Kier alpha value is -3.10. The number of rotatable bonds is 5. The zero-order chi connectivity index (χ0) is 19.4. The number of aromatic nitrogens is 2. The summed E-state index contributed by atoms with van der Waals surface area (Å²) in [6.07, 6.45) is 1.55. The van der Waals surface area contributed by atoms with Gasteiger partial charge in [-0.15, -0.1) is 10.2 Å². The van der Waals surface area contributed by atoms with Crippen molar-refractivity contribution in [2.75, 3.05) is 5.32 Å². The fraction of sp³-hybridized carbons (Fsp3) is 0.0556. The van der Waals surface area contributed by atoms with Gasteiger partial charge >= 0.3 is 0 Å². The monoisotopic (exact) mass is 400 g/mol. The zero-order valence-corrected chi connectivity index (χ0v) is 15.6. The molecule has 0 aliphatic carbocycles. The second-order valence-corrected chi connectivity index (χ2v) is 6.91. The maximum atomic E-state index is 12.2. The molecule has 0 spiro atoms. The van der Waals surface area contributed by atoms with Crippen molar-refractivity contribution in [2.24, 2.45) is 0 Å². The number of nitro benzene ring substituents is 1. The van der Waals surface area contributed by atoms with Gasteiger partial charge in [-0.1, -0.05) is 53.3 Å². The van der Waals surface area contributed by atoms with E-state index in [1.54, 1.807) is 37.3 Å². The smallest absolute Gasteiger partial charge is 0.286 e. The molecule has 1 amide bonds. The van der Waals surface area contributed by atoms with E-state index in [0.717, 1.165) is 11.3 Å². The lowest BCUT2D eigenvalue weighted by Crippen LogP contribution is -2.11. The summed E-state index contributed by atoms with van der Waals surface area (Å²) in [6, 6.07) is 13.8. The molecule has 0 atom stereocenters. The first kappa shape index (κ1) is 18.7. The fourth-order valence-electron chi connectivity index (χ4n) is 2.24. The van der Waals surface area contributed by atoms with Gasteiger partial charge in [0.25, 0.3) is 11.6 Å². The van der Waals surface area contributed by atoms with Crippen LogP contribution in [0.3, 0.4) is 0 Å². The predicted octanol–water partition coefficient (Wildman–Crippen LogP) is 4.74. The summed E-state index contributed by atoms with van der Waals surface area (Å²) in [4.78, 5) is 22.8. The van der Waals surface area contributed by atoms with E-state index >= 15 is 0 Å². The molecule has 0 bridgehead atoms. The van der Waals surface area contributed by atoms with Crippen LogP contribution in [0, 0.1) is 17.0 Å². The number of nitro groups is 1. The topological polar surface area (TPSA) is 98.0 Å². The van der Waals surface area contributed by atoms with Gasteiger partial charge < -0.3 is 5.32 Å². The van der Waals surface area contributed by atoms with Crippen LogP contribution in [0.1, 0.15) is 25.9 Å². The summed E-state index contributed by atoms with van der Waals surface area (Å²) < 4.78 is 0. The lowest BCUT2D eigenvalue weighted by molar-refractivity contribution is -0.385. The quantitative estimate of drug-likeness (QED) is 0.492. The highest BCUT2D eigenvalue weighted by Gasteiger charge is 2.15. The molecule has 0 aliphatic heterocycles. The number of nitrogens with zero attached hydrogens (tertiary/aromatic N) is 3. The number of amides is 1. The van der Waals surface area contributed by atoms with Crippen molar-refractivity contribution >= 4 is 51.3 Å². The number of carbonyl (C=O) groups is 1. The summed E-state index contributed by atoms with van der Waals surface area (Å²) in [5.41, 5.74) is 1.77. The Bertz CT molecular complexity index is 1030. The average molecular weight is 401 g/mol. The van der Waals surface area contributed by atoms with Crippen molar-refractivity contribution in [3.63, 3.8) is 0 Å². The number of aryl methyl sites for hydroxylation is 1. The van der Waals surface area contributed by atoms with Crippen molar-refractivity contribution in [2.45, 2.75) is 6.92 Å². The zero-order valence-electron chi connectivity index (χ0n) is 14.0. The third-order valence-corrected chi connectivity index (χ3v) is 4.93. The van der Waals surface area contributed by atoms with Crippen LogP contribution in [0.15, 0.2) is 48.5 Å². The summed E-state index contributed by atoms with van der Waals surface area (Å²) in [7, 11) is 0. The van der Waals surface area contributed by atoms with E-state index in [1.807, 2.05) is 18.2 Å². The van der Waals surface area contributed by atoms with E-state index in [-0.39, 0.29) is 21.6 Å². The molecule has 3 aromatic rings. The van der Waals surface area contributed by atoms with E-state index in [1.165, 1.54) is 6.07 Å². The molecule has 0 aliphatic rings. The Labute approximate surface area is 163 Å². The molecule has 0 saturated heterocycles. The number of nitrogens with one attached hydrogen (secondary N) is 1. The van der Waals surface area contributed by atoms with Crippen molar-refractivity contribution in [1.82, 2.24) is 10.2 Å². The standard InChI is InChI=1S/C18H13ClN4O3S/c1-11-7-8-12(10-15(11)23(25)26)9-14(19)17-21-22-18(27-17)16(24)20-13-5-3-2-4-6-13/h2-10H,1H3,(H,20,24)/b14-9-. The van der Waals surface area contributed by atoms with Gasteiger partial charge in [0.15, 0.2) is 5.01 Å². The van der Waals surface area contributed by atoms with Crippen molar-refractivity contribution in [3.8, 4) is 0 Å². The molecule has 7 nitrogen and oxygen atoms in total. The first-order valence-corrected chi connectivity index (χ1v) is 8.96. The van der Waals surface area contributed by atoms with Crippen LogP contribution < -0.4 is 5.32 Å². The molecule has 136 valence electrons. The molecule has 0 saturated carbocycles. The maximum absolute atomic E-state index is 12.2. The van der Waals surface area contributed by atoms with E-state index in [4.69, 9.17) is 11.6 Å². The van der Waals surface area contributed by atoms with E-state index in [0.29, 0.717) is 21.8 Å². The van der Waals surface area contributed by atoms with Gasteiger partial charge in [0.05, 0.1) is 9.96 Å². The molecule has 9 heteroatoms. The van der Waals surface area contributed by atoms with Crippen LogP contribution in [0.2, 0.25) is 0 Å². The summed E-state index contributed by atoms with van der Waals surface area (Å²) in [5, 5.41) is 22.3. The molecule has 27 heavy (non-hydrogen) atoms. The number of anilines is 1. The van der Waals surface area contributed by atoms with Crippen molar-refractivity contribution in [3.05, 3.63) is 79.8 Å². The number of hydrogen-bond acceptors (Lipinski definition) is 6. The van der Waals surface area contributed by atoms with Gasteiger partial charge in [0.1, 0.15) is 0 Å². The second kappa shape index (κ2) is 8.07. The van der Waals surface area contributed by atoms with Gasteiger partial charge in [0, 0.05) is 17.3 Å². The number of carbonyl (C=O) groups excluding carboxylic acids is 1. The highest BCUT2D eigenvalue weighted by Crippen LogP contribution is 2.27. The SMILES string of the molecule is Cc1ccc(/C=C(\Cl)c2nnc(C(=O)Nc3ccccc3)s2)cc1[N+](=O)[O-]. The fourth-order valence-corrected chi connectivity index (χ4v) is 3.16. The van der Waals surface area contributed by atoms with Gasteiger partial charge in [0.2, 0.25) is 5.01 Å². The van der Waals surface area contributed by atoms with E-state index in [2.05, 4.69) is 15.5 Å². The lowest BCUT2D eigenvalue weighted by atomic mass is 10.1. The van der Waals surface area contributed by atoms with Crippen LogP contribution in [0.5, 0.6) is 0 Å². The summed E-state index contributed by atoms with van der Waals surface area (Å²) >= 11 is 7.29. The number of benzene rings is 2. The third kappa shape index (κ3) is 4.55. The molecule has 0 fully saturated rings. The minimum absolute atomic E-state index is 0.00779.